The minimum absolute atomic E-state index is 0.209. The standard InChI is InChI=1S/C20H33ClO12S2/c21-19-4-3-18(32-13-11-30-9-7-28-5-1-15-34(22,23)24)17-20(19)33-14-12-31-10-8-29-6-2-16-35(25,26)27/h3-4,17H,1-2,5-16H2,(H,22,23,24)(H,25,26,27). The summed E-state index contributed by atoms with van der Waals surface area (Å²) < 4.78 is 91.8. The second kappa shape index (κ2) is 18.1. The number of hydrogen-bond donors (Lipinski definition) is 2. The molecule has 0 spiro atoms. The smallest absolute Gasteiger partial charge is 0.264 e. The predicted molar refractivity (Wildman–Crippen MR) is 128 cm³/mol. The molecule has 0 heterocycles. The maximum Gasteiger partial charge on any atom is 0.264 e. The molecule has 1 rings (SSSR count). The highest BCUT2D eigenvalue weighted by molar-refractivity contribution is 7.86. The molecule has 0 unspecified atom stereocenters. The predicted octanol–water partition coefficient (Wildman–Crippen LogP) is 1.72. The third-order valence-corrected chi connectivity index (χ3v) is 5.93. The molecule has 0 aliphatic carbocycles. The Bertz CT molecular complexity index is 909. The van der Waals surface area contributed by atoms with Crippen molar-refractivity contribution >= 4 is 31.8 Å². The fraction of sp³-hybridized carbons (Fsp3) is 0.700. The first-order valence-corrected chi connectivity index (χ1v) is 14.4. The molecule has 0 saturated heterocycles. The van der Waals surface area contributed by atoms with Crippen LogP contribution in [0.15, 0.2) is 18.2 Å². The molecular weight excluding hydrogens is 532 g/mol. The molecule has 0 radical (unpaired) electrons. The Labute approximate surface area is 211 Å². The van der Waals surface area contributed by atoms with E-state index in [0.29, 0.717) is 49.6 Å². The maximum absolute atomic E-state index is 10.6. The summed E-state index contributed by atoms with van der Waals surface area (Å²) in [6.07, 6.45) is 0.423. The van der Waals surface area contributed by atoms with Gasteiger partial charge >= 0.3 is 0 Å². The van der Waals surface area contributed by atoms with Crippen LogP contribution in [0.2, 0.25) is 5.02 Å². The normalized spacial score (nSPS) is 12.1. The average molecular weight is 565 g/mol. The van der Waals surface area contributed by atoms with E-state index in [1.807, 2.05) is 0 Å². The lowest BCUT2D eigenvalue weighted by molar-refractivity contribution is 0.0358. The van der Waals surface area contributed by atoms with E-state index in [2.05, 4.69) is 0 Å². The minimum atomic E-state index is -3.96. The van der Waals surface area contributed by atoms with Crippen molar-refractivity contribution in [1.29, 1.82) is 0 Å². The first-order valence-electron chi connectivity index (χ1n) is 10.8. The summed E-state index contributed by atoms with van der Waals surface area (Å²) in [4.78, 5) is 0. The van der Waals surface area contributed by atoms with Crippen molar-refractivity contribution in [3.8, 4) is 11.5 Å². The van der Waals surface area contributed by atoms with Gasteiger partial charge in [0, 0.05) is 19.3 Å². The van der Waals surface area contributed by atoms with Gasteiger partial charge in [0.1, 0.15) is 24.7 Å². The highest BCUT2D eigenvalue weighted by Crippen LogP contribution is 2.29. The topological polar surface area (TPSA) is 164 Å². The van der Waals surface area contributed by atoms with Crippen molar-refractivity contribution in [1.82, 2.24) is 0 Å². The minimum Gasteiger partial charge on any atom is -0.491 e. The van der Waals surface area contributed by atoms with Gasteiger partial charge in [0.05, 0.1) is 56.2 Å². The summed E-state index contributed by atoms with van der Waals surface area (Å²) in [6, 6.07) is 5.00. The van der Waals surface area contributed by atoms with E-state index < -0.39 is 20.2 Å². The zero-order valence-electron chi connectivity index (χ0n) is 19.3. The number of hydrogen-bond acceptors (Lipinski definition) is 10. The Morgan fingerprint density at radius 1 is 0.629 bits per heavy atom. The van der Waals surface area contributed by atoms with Crippen LogP contribution in [0.5, 0.6) is 11.5 Å². The molecule has 0 aromatic heterocycles. The lowest BCUT2D eigenvalue weighted by atomic mass is 10.3. The molecule has 0 bridgehead atoms. The van der Waals surface area contributed by atoms with Crippen molar-refractivity contribution < 1.29 is 54.4 Å². The van der Waals surface area contributed by atoms with Crippen molar-refractivity contribution in [2.24, 2.45) is 0 Å². The summed E-state index contributed by atoms with van der Waals surface area (Å²) in [7, 11) is -7.91. The second-order valence-electron chi connectivity index (χ2n) is 7.02. The Balaban J connectivity index is 2.07. The Morgan fingerprint density at radius 2 is 1.06 bits per heavy atom. The van der Waals surface area contributed by atoms with Gasteiger partial charge in [0.2, 0.25) is 0 Å². The highest BCUT2D eigenvalue weighted by Gasteiger charge is 2.06. The van der Waals surface area contributed by atoms with Crippen LogP contribution in [0, 0.1) is 0 Å². The van der Waals surface area contributed by atoms with Crippen molar-refractivity contribution in [2.75, 3.05) is 77.6 Å². The summed E-state index contributed by atoms with van der Waals surface area (Å²) >= 11 is 6.13. The van der Waals surface area contributed by atoms with Gasteiger partial charge in [-0.05, 0) is 25.0 Å². The number of benzene rings is 1. The van der Waals surface area contributed by atoms with Crippen molar-refractivity contribution in [3.63, 3.8) is 0 Å². The molecule has 0 aliphatic heterocycles. The molecule has 0 amide bonds. The molecule has 1 aromatic rings. The average Bonchev–Trinajstić information content (AvgIpc) is 2.76. The van der Waals surface area contributed by atoms with Crippen LogP contribution in [0.25, 0.3) is 0 Å². The van der Waals surface area contributed by atoms with Gasteiger partial charge in [-0.2, -0.15) is 16.8 Å². The SMILES string of the molecule is O=S(=O)(O)CCCOCCOCCOc1ccc(Cl)c(OCCOCCOCCCS(=O)(=O)O)c1. The summed E-state index contributed by atoms with van der Waals surface area (Å²) in [6.45, 7) is 2.79. The van der Waals surface area contributed by atoms with Gasteiger partial charge in [-0.3, -0.25) is 9.11 Å². The van der Waals surface area contributed by atoms with Crippen LogP contribution in [-0.2, 0) is 39.2 Å². The van der Waals surface area contributed by atoms with Gasteiger partial charge in [0.15, 0.2) is 0 Å². The van der Waals surface area contributed by atoms with E-state index in [1.54, 1.807) is 18.2 Å². The van der Waals surface area contributed by atoms with E-state index in [9.17, 15) is 16.8 Å². The van der Waals surface area contributed by atoms with Gasteiger partial charge in [-0.1, -0.05) is 11.6 Å². The van der Waals surface area contributed by atoms with Crippen LogP contribution < -0.4 is 9.47 Å². The van der Waals surface area contributed by atoms with Crippen molar-refractivity contribution in [3.05, 3.63) is 23.2 Å². The number of ether oxygens (including phenoxy) is 6. The highest BCUT2D eigenvalue weighted by atomic mass is 35.5. The number of rotatable bonds is 22. The van der Waals surface area contributed by atoms with Gasteiger partial charge in [0.25, 0.3) is 20.2 Å². The molecule has 2 N–H and O–H groups in total. The first kappa shape index (κ1) is 31.8. The molecule has 1 aromatic carbocycles. The molecule has 204 valence electrons. The molecule has 0 fully saturated rings. The van der Waals surface area contributed by atoms with E-state index >= 15 is 0 Å². The lowest BCUT2D eigenvalue weighted by Gasteiger charge is -2.12. The maximum atomic E-state index is 10.6. The fourth-order valence-corrected chi connectivity index (χ4v) is 3.58. The van der Waals surface area contributed by atoms with Crippen LogP contribution in [-0.4, -0.2) is 104 Å². The van der Waals surface area contributed by atoms with E-state index in [4.69, 9.17) is 49.1 Å². The molecule has 0 saturated carbocycles. The summed E-state index contributed by atoms with van der Waals surface area (Å²) in [5.74, 6) is 0.319. The molecule has 0 aliphatic rings. The summed E-state index contributed by atoms with van der Waals surface area (Å²) in [5.41, 5.74) is 0. The van der Waals surface area contributed by atoms with Crippen LogP contribution in [0.3, 0.4) is 0 Å². The van der Waals surface area contributed by atoms with Crippen LogP contribution >= 0.6 is 11.6 Å². The first-order chi connectivity index (χ1) is 16.6. The van der Waals surface area contributed by atoms with Crippen LogP contribution in [0.1, 0.15) is 12.8 Å². The Kier molecular flexibility index (Phi) is 16.4. The Hall–Kier alpha value is -1.23. The monoisotopic (exact) mass is 564 g/mol. The third-order valence-electron chi connectivity index (χ3n) is 4.01. The number of halogens is 1. The van der Waals surface area contributed by atoms with E-state index in [-0.39, 0.29) is 57.4 Å². The molecule has 15 heteroatoms. The molecular formula is C20H33ClO12S2. The second-order valence-corrected chi connectivity index (χ2v) is 10.6. The van der Waals surface area contributed by atoms with E-state index in [1.165, 1.54) is 0 Å². The third kappa shape index (κ3) is 19.6. The zero-order chi connectivity index (χ0) is 26.0. The Morgan fingerprint density at radius 3 is 1.54 bits per heavy atom. The van der Waals surface area contributed by atoms with Gasteiger partial charge in [-0.15, -0.1) is 0 Å². The molecule has 0 atom stereocenters. The van der Waals surface area contributed by atoms with Crippen LogP contribution in [0.4, 0.5) is 0 Å². The van der Waals surface area contributed by atoms with Crippen molar-refractivity contribution in [2.45, 2.75) is 12.8 Å². The zero-order valence-corrected chi connectivity index (χ0v) is 21.7. The van der Waals surface area contributed by atoms with E-state index in [0.717, 1.165) is 0 Å². The largest absolute Gasteiger partial charge is 0.491 e. The van der Waals surface area contributed by atoms with Gasteiger partial charge in [-0.25, -0.2) is 0 Å². The fourth-order valence-electron chi connectivity index (χ4n) is 2.44. The van der Waals surface area contributed by atoms with Gasteiger partial charge < -0.3 is 28.4 Å². The quantitative estimate of drug-likeness (QED) is 0.155. The lowest BCUT2D eigenvalue weighted by Crippen LogP contribution is -2.13. The summed E-state index contributed by atoms with van der Waals surface area (Å²) in [5, 5.41) is 0.418. The molecule has 35 heavy (non-hydrogen) atoms. The molecule has 12 nitrogen and oxygen atoms in total.